The fraction of sp³-hybridized carbons (Fsp3) is 0.688. The second-order valence-corrected chi connectivity index (χ2v) is 7.32. The van der Waals surface area contributed by atoms with Crippen LogP contribution < -0.4 is 5.73 Å². The van der Waals surface area contributed by atoms with Crippen molar-refractivity contribution in [3.05, 3.63) is 12.7 Å². The lowest BCUT2D eigenvalue weighted by Gasteiger charge is -2.48. The molecule has 30 heavy (non-hydrogen) atoms. The van der Waals surface area contributed by atoms with Crippen LogP contribution in [0.2, 0.25) is 0 Å². The fourth-order valence-corrected chi connectivity index (χ4v) is 4.10. The van der Waals surface area contributed by atoms with Gasteiger partial charge in [0.1, 0.15) is 60.7 Å². The highest BCUT2D eigenvalue weighted by Crippen LogP contribution is 2.45. The molecule has 0 saturated carbocycles. The first kappa shape index (κ1) is 21.2. The lowest BCUT2D eigenvalue weighted by atomic mass is 9.86. The molecule has 2 aromatic heterocycles. The molecule has 14 heteroatoms. The standard InChI is InChI=1S/C16H23N5O9/c17-14-7-15(19-3-18-14)21(4-20-7)16(12(28)9(25)6(2-23)30-16)13-11(27)10(26)8(24)5(1-22)29-13/h3-6,8-13,22-28H,1-2H2,(H2,17,18,19)/t5-,6-,8-,9-,10+,11-,12-,13?,16+/m1/s1. The predicted octanol–water partition coefficient (Wildman–Crippen LogP) is -4.98. The monoisotopic (exact) mass is 429 g/mol. The van der Waals surface area contributed by atoms with Gasteiger partial charge in [-0.1, -0.05) is 0 Å². The van der Waals surface area contributed by atoms with Crippen LogP contribution in [0, 0.1) is 0 Å². The Hall–Kier alpha value is -2.01. The maximum Gasteiger partial charge on any atom is 0.205 e. The summed E-state index contributed by atoms with van der Waals surface area (Å²) in [5.74, 6) is 0.00875. The summed E-state index contributed by atoms with van der Waals surface area (Å²) in [7, 11) is 0. The molecule has 9 atom stereocenters. The van der Waals surface area contributed by atoms with Crippen LogP contribution >= 0.6 is 0 Å². The summed E-state index contributed by atoms with van der Waals surface area (Å²) >= 11 is 0. The van der Waals surface area contributed by atoms with Gasteiger partial charge >= 0.3 is 0 Å². The van der Waals surface area contributed by atoms with E-state index >= 15 is 0 Å². The zero-order valence-corrected chi connectivity index (χ0v) is 15.5. The quantitative estimate of drug-likeness (QED) is 0.228. The van der Waals surface area contributed by atoms with Crippen molar-refractivity contribution in [3.8, 4) is 0 Å². The number of hydrogen-bond acceptors (Lipinski definition) is 13. The summed E-state index contributed by atoms with van der Waals surface area (Å²) < 4.78 is 12.6. The molecule has 2 aliphatic heterocycles. The zero-order chi connectivity index (χ0) is 21.8. The Morgan fingerprint density at radius 2 is 1.63 bits per heavy atom. The van der Waals surface area contributed by atoms with Gasteiger partial charge in [0.25, 0.3) is 0 Å². The Kier molecular flexibility index (Phi) is 5.38. The van der Waals surface area contributed by atoms with Crippen LogP contribution in [0.3, 0.4) is 0 Å². The number of aliphatic hydroxyl groups is 7. The summed E-state index contributed by atoms with van der Waals surface area (Å²) in [5, 5.41) is 71.6. The maximum atomic E-state index is 11.0. The molecule has 4 rings (SSSR count). The first-order valence-electron chi connectivity index (χ1n) is 9.17. The number of nitrogen functional groups attached to an aromatic ring is 1. The number of anilines is 1. The highest BCUT2D eigenvalue weighted by Gasteiger charge is 2.65. The fourth-order valence-electron chi connectivity index (χ4n) is 4.10. The van der Waals surface area contributed by atoms with Crippen LogP contribution in [0.1, 0.15) is 0 Å². The Balaban J connectivity index is 1.92. The van der Waals surface area contributed by atoms with Gasteiger partial charge in [-0.2, -0.15) is 0 Å². The average molecular weight is 429 g/mol. The molecular weight excluding hydrogens is 406 g/mol. The van der Waals surface area contributed by atoms with Crippen LogP contribution in [0.5, 0.6) is 0 Å². The van der Waals surface area contributed by atoms with E-state index in [2.05, 4.69) is 15.0 Å². The zero-order valence-electron chi connectivity index (χ0n) is 15.5. The van der Waals surface area contributed by atoms with Crippen molar-refractivity contribution < 1.29 is 45.2 Å². The Bertz CT molecular complexity index is 912. The van der Waals surface area contributed by atoms with Crippen molar-refractivity contribution in [2.45, 2.75) is 54.6 Å². The maximum absolute atomic E-state index is 11.0. The van der Waals surface area contributed by atoms with E-state index in [1.54, 1.807) is 0 Å². The number of aromatic nitrogens is 4. The summed E-state index contributed by atoms with van der Waals surface area (Å²) in [6.07, 6.45) is -10.7. The number of fused-ring (bicyclic) bond motifs is 1. The second kappa shape index (κ2) is 7.60. The third kappa shape index (κ3) is 2.81. The van der Waals surface area contributed by atoms with Crippen LogP contribution in [-0.4, -0.2) is 117 Å². The number of nitrogens with two attached hydrogens (primary N) is 1. The van der Waals surface area contributed by atoms with Gasteiger partial charge in [0.2, 0.25) is 5.72 Å². The molecule has 0 aliphatic carbocycles. The number of hydrogen-bond donors (Lipinski definition) is 8. The van der Waals surface area contributed by atoms with E-state index in [9.17, 15) is 35.7 Å². The van der Waals surface area contributed by atoms with Crippen molar-refractivity contribution in [1.82, 2.24) is 19.5 Å². The lowest BCUT2D eigenvalue weighted by molar-refractivity contribution is -0.309. The van der Waals surface area contributed by atoms with Crippen molar-refractivity contribution in [2.75, 3.05) is 18.9 Å². The largest absolute Gasteiger partial charge is 0.394 e. The molecular formula is C16H23N5O9. The highest BCUT2D eigenvalue weighted by molar-refractivity contribution is 5.81. The number of rotatable bonds is 4. The van der Waals surface area contributed by atoms with E-state index in [1.165, 1.54) is 0 Å². The van der Waals surface area contributed by atoms with Crippen LogP contribution in [-0.2, 0) is 15.2 Å². The summed E-state index contributed by atoms with van der Waals surface area (Å²) in [6, 6.07) is 0. The van der Waals surface area contributed by atoms with Crippen molar-refractivity contribution in [3.63, 3.8) is 0 Å². The molecule has 0 radical (unpaired) electrons. The van der Waals surface area contributed by atoms with Crippen molar-refractivity contribution >= 4 is 17.0 Å². The van der Waals surface area contributed by atoms with Gasteiger partial charge in [0.15, 0.2) is 11.5 Å². The molecule has 166 valence electrons. The summed E-state index contributed by atoms with van der Waals surface area (Å²) in [5.41, 5.74) is 3.81. The van der Waals surface area contributed by atoms with E-state index in [-0.39, 0.29) is 17.0 Å². The summed E-state index contributed by atoms with van der Waals surface area (Å²) in [6.45, 7) is -1.42. The van der Waals surface area contributed by atoms with Crippen LogP contribution in [0.4, 0.5) is 5.82 Å². The van der Waals surface area contributed by atoms with E-state index in [0.29, 0.717) is 0 Å². The predicted molar refractivity (Wildman–Crippen MR) is 95.4 cm³/mol. The lowest BCUT2D eigenvalue weighted by Crippen LogP contribution is -2.68. The van der Waals surface area contributed by atoms with Gasteiger partial charge in [-0.15, -0.1) is 0 Å². The smallest absolute Gasteiger partial charge is 0.205 e. The van der Waals surface area contributed by atoms with E-state index < -0.39 is 67.8 Å². The number of ether oxygens (including phenoxy) is 2. The molecule has 2 aromatic rings. The van der Waals surface area contributed by atoms with Crippen molar-refractivity contribution in [1.29, 1.82) is 0 Å². The van der Waals surface area contributed by atoms with Gasteiger partial charge < -0.3 is 51.0 Å². The summed E-state index contributed by atoms with van der Waals surface area (Å²) in [4.78, 5) is 12.0. The minimum atomic E-state index is -2.17. The van der Waals surface area contributed by atoms with Crippen LogP contribution in [0.15, 0.2) is 12.7 Å². The number of imidazole rings is 1. The molecule has 2 fully saturated rings. The third-order valence-electron chi connectivity index (χ3n) is 5.69. The Morgan fingerprint density at radius 3 is 2.27 bits per heavy atom. The van der Waals surface area contributed by atoms with Crippen LogP contribution in [0.25, 0.3) is 11.2 Å². The van der Waals surface area contributed by atoms with Crippen molar-refractivity contribution in [2.24, 2.45) is 0 Å². The second-order valence-electron chi connectivity index (χ2n) is 7.32. The third-order valence-corrected chi connectivity index (χ3v) is 5.69. The first-order valence-corrected chi connectivity index (χ1v) is 9.17. The van der Waals surface area contributed by atoms with E-state index in [4.69, 9.17) is 15.2 Å². The molecule has 4 heterocycles. The van der Waals surface area contributed by atoms with E-state index in [1.807, 2.05) is 0 Å². The minimum absolute atomic E-state index is 0.00875. The van der Waals surface area contributed by atoms with Gasteiger partial charge in [-0.3, -0.25) is 4.57 Å². The Labute approximate surface area is 168 Å². The minimum Gasteiger partial charge on any atom is -0.394 e. The molecule has 0 bridgehead atoms. The molecule has 0 aromatic carbocycles. The van der Waals surface area contributed by atoms with Gasteiger partial charge in [-0.05, 0) is 0 Å². The molecule has 0 spiro atoms. The molecule has 1 unspecified atom stereocenters. The Morgan fingerprint density at radius 1 is 0.933 bits per heavy atom. The first-order chi connectivity index (χ1) is 14.3. The molecule has 14 nitrogen and oxygen atoms in total. The average Bonchev–Trinajstić information content (AvgIpc) is 3.28. The molecule has 0 amide bonds. The van der Waals surface area contributed by atoms with Gasteiger partial charge in [0.05, 0.1) is 19.5 Å². The highest BCUT2D eigenvalue weighted by atomic mass is 16.6. The van der Waals surface area contributed by atoms with E-state index in [0.717, 1.165) is 17.2 Å². The molecule has 2 saturated heterocycles. The molecule has 2 aliphatic rings. The number of nitrogens with zero attached hydrogens (tertiary/aromatic N) is 4. The van der Waals surface area contributed by atoms with Gasteiger partial charge in [0, 0.05) is 0 Å². The molecule has 9 N–H and O–H groups in total. The van der Waals surface area contributed by atoms with Gasteiger partial charge in [-0.25, -0.2) is 15.0 Å². The number of aliphatic hydroxyl groups excluding tert-OH is 7. The SMILES string of the molecule is Nc1ncnc2c1ncn2[C@]1(C2O[C@H](CO)[C@@H](O)[C@H](O)[C@H]2O)O[C@H](CO)[C@@H](O)[C@H]1O. The topological polar surface area (TPSA) is 230 Å². The normalized spacial score (nSPS) is 42.1.